The average Bonchev–Trinajstić information content (AvgIpc) is 3.19. The van der Waals surface area contributed by atoms with Gasteiger partial charge in [0.05, 0.1) is 6.17 Å². The van der Waals surface area contributed by atoms with E-state index in [-0.39, 0.29) is 23.9 Å². The summed E-state index contributed by atoms with van der Waals surface area (Å²) in [6.07, 6.45) is 4.65. The largest absolute Gasteiger partial charge is 0.354 e. The predicted molar refractivity (Wildman–Crippen MR) is 94.0 cm³/mol. The van der Waals surface area contributed by atoms with Crippen molar-refractivity contribution < 1.29 is 9.59 Å². The third-order valence-electron chi connectivity index (χ3n) is 4.54. The topological polar surface area (TPSA) is 98.9 Å². The minimum atomic E-state index is -0.206. The van der Waals surface area contributed by atoms with Gasteiger partial charge in [-0.25, -0.2) is 10.9 Å². The fourth-order valence-electron chi connectivity index (χ4n) is 3.40. The molecule has 0 saturated carbocycles. The van der Waals surface area contributed by atoms with Gasteiger partial charge in [-0.3, -0.25) is 14.6 Å². The molecule has 7 nitrogen and oxygen atoms in total. The molecular formula is C18H23N5O2. The summed E-state index contributed by atoms with van der Waals surface area (Å²) in [5.74, 6) is -0.231. The van der Waals surface area contributed by atoms with E-state index in [1.165, 1.54) is 6.92 Å². The molecule has 1 amide bonds. The number of nitrogens with one attached hydrogen (secondary N) is 4. The van der Waals surface area contributed by atoms with Crippen molar-refractivity contribution in [2.45, 2.75) is 45.8 Å². The number of carbonyl (C=O) groups excluding carboxylic acids is 2. The first-order valence-electron chi connectivity index (χ1n) is 8.45. The van der Waals surface area contributed by atoms with Gasteiger partial charge in [0.25, 0.3) is 5.91 Å². The second-order valence-electron chi connectivity index (χ2n) is 6.27. The lowest BCUT2D eigenvalue weighted by Gasteiger charge is -2.12. The number of hydrogen-bond donors (Lipinski definition) is 4. The van der Waals surface area contributed by atoms with Crippen LogP contribution in [0.5, 0.6) is 0 Å². The third-order valence-corrected chi connectivity index (χ3v) is 4.54. The van der Waals surface area contributed by atoms with Crippen LogP contribution in [0.25, 0.3) is 0 Å². The first-order valence-corrected chi connectivity index (χ1v) is 8.45. The first kappa shape index (κ1) is 17.3. The molecule has 1 aliphatic rings. The van der Waals surface area contributed by atoms with E-state index < -0.39 is 0 Å². The smallest absolute Gasteiger partial charge is 0.269 e. The van der Waals surface area contributed by atoms with E-state index >= 15 is 0 Å². The summed E-state index contributed by atoms with van der Waals surface area (Å²) in [6.45, 7) is 5.29. The summed E-state index contributed by atoms with van der Waals surface area (Å²) in [5.41, 5.74) is 10.0. The highest BCUT2D eigenvalue weighted by atomic mass is 16.2. The molecule has 2 aromatic heterocycles. The number of nitrogens with zero attached hydrogens (tertiary/aromatic N) is 1. The lowest BCUT2D eigenvalue weighted by Crippen LogP contribution is -2.44. The van der Waals surface area contributed by atoms with Crippen LogP contribution < -0.4 is 16.2 Å². The Morgan fingerprint density at radius 1 is 1.28 bits per heavy atom. The summed E-state index contributed by atoms with van der Waals surface area (Å²) < 4.78 is 0. The van der Waals surface area contributed by atoms with Crippen molar-refractivity contribution in [2.75, 3.05) is 0 Å². The summed E-state index contributed by atoms with van der Waals surface area (Å²) in [6, 6.07) is 4.01. The van der Waals surface area contributed by atoms with Gasteiger partial charge in [-0.1, -0.05) is 6.92 Å². The molecule has 132 valence electrons. The minimum Gasteiger partial charge on any atom is -0.354 e. The van der Waals surface area contributed by atoms with Gasteiger partial charge in [-0.15, -0.1) is 0 Å². The van der Waals surface area contributed by atoms with Crippen LogP contribution in [-0.4, -0.2) is 27.8 Å². The maximum absolute atomic E-state index is 12.7. The van der Waals surface area contributed by atoms with Gasteiger partial charge < -0.3 is 10.3 Å². The van der Waals surface area contributed by atoms with Gasteiger partial charge in [0, 0.05) is 36.1 Å². The van der Waals surface area contributed by atoms with E-state index in [0.29, 0.717) is 17.7 Å². The molecule has 0 spiro atoms. The van der Waals surface area contributed by atoms with Gasteiger partial charge in [-0.2, -0.15) is 0 Å². The molecule has 0 radical (unpaired) electrons. The molecule has 3 rings (SSSR count). The average molecular weight is 341 g/mol. The van der Waals surface area contributed by atoms with Crippen LogP contribution in [0.3, 0.4) is 0 Å². The molecule has 3 heterocycles. The number of H-pyrrole nitrogens is 1. The van der Waals surface area contributed by atoms with Crippen LogP contribution >= 0.6 is 0 Å². The highest BCUT2D eigenvalue weighted by molar-refractivity contribution is 6.02. The quantitative estimate of drug-likeness (QED) is 0.621. The van der Waals surface area contributed by atoms with E-state index in [1.807, 2.05) is 26.0 Å². The van der Waals surface area contributed by atoms with Crippen LogP contribution in [0.15, 0.2) is 24.5 Å². The summed E-state index contributed by atoms with van der Waals surface area (Å²) in [7, 11) is 0. The number of aryl methyl sites for hydroxylation is 1. The van der Waals surface area contributed by atoms with Crippen molar-refractivity contribution in [1.82, 2.24) is 26.1 Å². The van der Waals surface area contributed by atoms with E-state index in [9.17, 15) is 9.59 Å². The normalized spacial score (nSPS) is 19.8. The van der Waals surface area contributed by atoms with Gasteiger partial charge in [0.1, 0.15) is 5.69 Å². The molecule has 1 fully saturated rings. The van der Waals surface area contributed by atoms with E-state index in [1.54, 1.807) is 12.4 Å². The number of Topliss-reactive ketones (excluding diaryl/α,β-unsaturated/α-hetero) is 1. The number of ketones is 1. The molecule has 1 saturated heterocycles. The number of amides is 1. The zero-order chi connectivity index (χ0) is 18.0. The van der Waals surface area contributed by atoms with E-state index in [0.717, 1.165) is 23.2 Å². The second kappa shape index (κ2) is 7.16. The Bertz CT molecular complexity index is 784. The van der Waals surface area contributed by atoms with E-state index in [4.69, 9.17) is 0 Å². The van der Waals surface area contributed by atoms with Crippen LogP contribution in [0.1, 0.15) is 64.0 Å². The number of rotatable bonds is 5. The number of aromatic nitrogens is 2. The predicted octanol–water partition coefficient (Wildman–Crippen LogP) is 1.78. The summed E-state index contributed by atoms with van der Waals surface area (Å²) >= 11 is 0. The number of pyridine rings is 1. The van der Waals surface area contributed by atoms with Crippen molar-refractivity contribution in [3.63, 3.8) is 0 Å². The van der Waals surface area contributed by atoms with Crippen molar-refractivity contribution in [1.29, 1.82) is 0 Å². The van der Waals surface area contributed by atoms with Crippen LogP contribution in [0.4, 0.5) is 0 Å². The van der Waals surface area contributed by atoms with Crippen molar-refractivity contribution in [2.24, 2.45) is 0 Å². The third kappa shape index (κ3) is 3.47. The standard InChI is InChI=1S/C18H23N5O2/c1-4-13-16(11(3)24)10(2)20-17(13)18(25)21-15-9-14(22-23-15)12-5-7-19-8-6-12/h5-8,14-15,20,22-23H,4,9H2,1-3H3,(H,21,25). The summed E-state index contributed by atoms with van der Waals surface area (Å²) in [4.78, 5) is 31.6. The molecule has 4 N–H and O–H groups in total. The Labute approximate surface area is 146 Å². The van der Waals surface area contributed by atoms with E-state index in [2.05, 4.69) is 26.1 Å². The molecule has 25 heavy (non-hydrogen) atoms. The maximum Gasteiger partial charge on any atom is 0.269 e. The lowest BCUT2D eigenvalue weighted by molar-refractivity contribution is 0.0926. The molecular weight excluding hydrogens is 318 g/mol. The van der Waals surface area contributed by atoms with Crippen LogP contribution in [-0.2, 0) is 6.42 Å². The first-order chi connectivity index (χ1) is 12.0. The Hall–Kier alpha value is -2.51. The molecule has 0 bridgehead atoms. The maximum atomic E-state index is 12.7. The summed E-state index contributed by atoms with van der Waals surface area (Å²) in [5, 5.41) is 2.98. The highest BCUT2D eigenvalue weighted by Gasteiger charge is 2.28. The Kier molecular flexibility index (Phi) is 4.96. The number of hydrogen-bond acceptors (Lipinski definition) is 5. The van der Waals surface area contributed by atoms with Gasteiger partial charge in [0.15, 0.2) is 5.78 Å². The molecule has 1 aliphatic heterocycles. The van der Waals surface area contributed by atoms with Crippen molar-refractivity contribution in [3.8, 4) is 0 Å². The molecule has 2 atom stereocenters. The Morgan fingerprint density at radius 2 is 2.00 bits per heavy atom. The monoisotopic (exact) mass is 341 g/mol. The Morgan fingerprint density at radius 3 is 2.64 bits per heavy atom. The fraction of sp³-hybridized carbons (Fsp3) is 0.389. The molecule has 7 heteroatoms. The fourth-order valence-corrected chi connectivity index (χ4v) is 3.40. The number of hydrazine groups is 1. The molecule has 0 aliphatic carbocycles. The van der Waals surface area contributed by atoms with Gasteiger partial charge >= 0.3 is 0 Å². The van der Waals surface area contributed by atoms with Crippen molar-refractivity contribution in [3.05, 3.63) is 52.6 Å². The second-order valence-corrected chi connectivity index (χ2v) is 6.27. The van der Waals surface area contributed by atoms with Crippen LogP contribution in [0.2, 0.25) is 0 Å². The number of aromatic amines is 1. The minimum absolute atomic E-state index is 0.0249. The SMILES string of the molecule is CCc1c(C(=O)NC2CC(c3ccncc3)NN2)[nH]c(C)c1C(C)=O. The zero-order valence-electron chi connectivity index (χ0n) is 14.6. The Balaban J connectivity index is 1.71. The van der Waals surface area contributed by atoms with Gasteiger partial charge in [-0.05, 0) is 43.5 Å². The molecule has 2 unspecified atom stereocenters. The zero-order valence-corrected chi connectivity index (χ0v) is 14.6. The van der Waals surface area contributed by atoms with Crippen molar-refractivity contribution >= 4 is 11.7 Å². The lowest BCUT2D eigenvalue weighted by atomic mass is 10.0. The number of carbonyl (C=O) groups is 2. The molecule has 2 aromatic rings. The highest BCUT2D eigenvalue weighted by Crippen LogP contribution is 2.23. The molecule has 0 aromatic carbocycles. The van der Waals surface area contributed by atoms with Crippen LogP contribution in [0, 0.1) is 6.92 Å². The van der Waals surface area contributed by atoms with Gasteiger partial charge in [0.2, 0.25) is 0 Å².